The highest BCUT2D eigenvalue weighted by molar-refractivity contribution is 9.18. The minimum Gasteiger partial charge on any atom is -0.378 e. The van der Waals surface area contributed by atoms with Gasteiger partial charge in [0.25, 0.3) is 0 Å². The van der Waals surface area contributed by atoms with Crippen molar-refractivity contribution in [1.29, 1.82) is 0 Å². The fraction of sp³-hybridized carbons (Fsp3) is 0. The smallest absolute Gasteiger partial charge is 0.169 e. The number of aromatic nitrogens is 1. The van der Waals surface area contributed by atoms with Gasteiger partial charge in [0.2, 0.25) is 0 Å². The van der Waals surface area contributed by atoms with Gasteiger partial charge in [0.1, 0.15) is 0 Å². The molecule has 5 rings (SSSR count). The molecule has 0 saturated heterocycles. The van der Waals surface area contributed by atoms with Crippen molar-refractivity contribution in [2.24, 2.45) is 10.7 Å². The van der Waals surface area contributed by atoms with Crippen LogP contribution < -0.4 is 5.73 Å². The van der Waals surface area contributed by atoms with E-state index >= 15 is 0 Å². The number of rotatable bonds is 3. The molecule has 0 amide bonds. The Morgan fingerprint density at radius 1 is 0.667 bits per heavy atom. The minimum absolute atomic E-state index is 0.301. The van der Waals surface area contributed by atoms with Crippen molar-refractivity contribution in [1.82, 2.24) is 4.98 Å². The SMILES string of the molecule is NC(Br)=Nc1ncc(-c2ccc3ccccc3c2)cc1-c1ccc2ccccc2c1. The standard InChI is InChI=1S/C26H18BrN3/c27-26(28)30-25-24(22-12-10-18-6-2-4-8-20(18)14-22)15-23(16-29-25)21-11-9-17-5-1-3-7-19(17)13-21/h1-16H,(H2,28,29,30). The first-order valence-corrected chi connectivity index (χ1v) is 10.4. The lowest BCUT2D eigenvalue weighted by atomic mass is 9.97. The van der Waals surface area contributed by atoms with E-state index in [4.69, 9.17) is 5.73 Å². The first-order chi connectivity index (χ1) is 14.7. The third-order valence-electron chi connectivity index (χ3n) is 5.22. The molecule has 1 heterocycles. The van der Waals surface area contributed by atoms with E-state index in [2.05, 4.69) is 105 Å². The number of benzene rings is 4. The quantitative estimate of drug-likeness (QED) is 0.181. The van der Waals surface area contributed by atoms with Crippen molar-refractivity contribution >= 4 is 48.0 Å². The summed E-state index contributed by atoms with van der Waals surface area (Å²) in [6.07, 6.45) is 1.85. The predicted molar refractivity (Wildman–Crippen MR) is 130 cm³/mol. The second-order valence-electron chi connectivity index (χ2n) is 7.15. The van der Waals surface area contributed by atoms with Crippen LogP contribution in [0.3, 0.4) is 0 Å². The summed E-state index contributed by atoms with van der Waals surface area (Å²) in [6.45, 7) is 0. The average Bonchev–Trinajstić information content (AvgIpc) is 2.78. The molecule has 0 unspecified atom stereocenters. The van der Waals surface area contributed by atoms with Gasteiger partial charge in [-0.25, -0.2) is 9.98 Å². The highest BCUT2D eigenvalue weighted by atomic mass is 79.9. The number of hydrogen-bond donors (Lipinski definition) is 1. The van der Waals surface area contributed by atoms with E-state index in [1.165, 1.54) is 21.5 Å². The molecule has 144 valence electrons. The zero-order valence-corrected chi connectivity index (χ0v) is 17.7. The topological polar surface area (TPSA) is 51.3 Å². The van der Waals surface area contributed by atoms with Crippen LogP contribution in [0.15, 0.2) is 102 Å². The zero-order valence-electron chi connectivity index (χ0n) is 16.1. The second-order valence-corrected chi connectivity index (χ2v) is 7.97. The molecule has 1 aromatic heterocycles. The normalized spacial score (nSPS) is 11.8. The van der Waals surface area contributed by atoms with Crippen LogP contribution >= 0.6 is 15.9 Å². The fourth-order valence-corrected chi connectivity index (χ4v) is 3.91. The molecule has 0 atom stereocenters. The highest BCUT2D eigenvalue weighted by Crippen LogP contribution is 2.35. The van der Waals surface area contributed by atoms with Crippen molar-refractivity contribution in [2.75, 3.05) is 0 Å². The van der Waals surface area contributed by atoms with Gasteiger partial charge in [-0.3, -0.25) is 0 Å². The molecule has 0 bridgehead atoms. The molecule has 0 aliphatic carbocycles. The van der Waals surface area contributed by atoms with Gasteiger partial charge in [-0.1, -0.05) is 72.8 Å². The Kier molecular flexibility index (Phi) is 4.77. The van der Waals surface area contributed by atoms with E-state index in [0.29, 0.717) is 10.6 Å². The summed E-state index contributed by atoms with van der Waals surface area (Å²) in [5.41, 5.74) is 9.95. The summed E-state index contributed by atoms with van der Waals surface area (Å²) in [6, 6.07) is 31.7. The van der Waals surface area contributed by atoms with Crippen LogP contribution in [0.5, 0.6) is 0 Å². The number of pyridine rings is 1. The summed E-state index contributed by atoms with van der Waals surface area (Å²) in [5.74, 6) is 0.587. The van der Waals surface area contributed by atoms with Crippen LogP contribution in [0.2, 0.25) is 0 Å². The van der Waals surface area contributed by atoms with E-state index in [-0.39, 0.29) is 0 Å². The molecule has 30 heavy (non-hydrogen) atoms. The van der Waals surface area contributed by atoms with E-state index in [1.54, 1.807) is 0 Å². The van der Waals surface area contributed by atoms with Crippen LogP contribution in [-0.4, -0.2) is 9.73 Å². The highest BCUT2D eigenvalue weighted by Gasteiger charge is 2.11. The van der Waals surface area contributed by atoms with Crippen molar-refractivity contribution in [3.63, 3.8) is 0 Å². The van der Waals surface area contributed by atoms with Crippen LogP contribution in [0.4, 0.5) is 5.82 Å². The van der Waals surface area contributed by atoms with Crippen molar-refractivity contribution in [3.05, 3.63) is 97.2 Å². The van der Waals surface area contributed by atoms with Gasteiger partial charge >= 0.3 is 0 Å². The molecule has 5 aromatic rings. The molecule has 4 aromatic carbocycles. The van der Waals surface area contributed by atoms with Crippen molar-refractivity contribution < 1.29 is 0 Å². The van der Waals surface area contributed by atoms with Gasteiger partial charge in [0.15, 0.2) is 10.6 Å². The van der Waals surface area contributed by atoms with E-state index in [0.717, 1.165) is 22.3 Å². The van der Waals surface area contributed by atoms with E-state index in [9.17, 15) is 0 Å². The molecule has 0 radical (unpaired) electrons. The molecule has 3 nitrogen and oxygen atoms in total. The Hall–Kier alpha value is -3.50. The third kappa shape index (κ3) is 3.58. The van der Waals surface area contributed by atoms with Crippen LogP contribution in [0.25, 0.3) is 43.8 Å². The Morgan fingerprint density at radius 3 is 1.87 bits per heavy atom. The average molecular weight is 452 g/mol. The summed E-state index contributed by atoms with van der Waals surface area (Å²) in [4.78, 5) is 9.03. The number of hydrogen-bond acceptors (Lipinski definition) is 2. The largest absolute Gasteiger partial charge is 0.378 e. The molecule has 0 fully saturated rings. The van der Waals surface area contributed by atoms with Gasteiger partial charge in [-0.05, 0) is 66.8 Å². The molecule has 4 heteroatoms. The van der Waals surface area contributed by atoms with E-state index < -0.39 is 0 Å². The second kappa shape index (κ2) is 7.73. The summed E-state index contributed by atoms with van der Waals surface area (Å²) < 4.78 is 0.301. The Bertz CT molecular complexity index is 1420. The van der Waals surface area contributed by atoms with Gasteiger partial charge in [0, 0.05) is 17.3 Å². The predicted octanol–water partition coefficient (Wildman–Crippen LogP) is 7.06. The number of nitrogens with zero attached hydrogens (tertiary/aromatic N) is 2. The minimum atomic E-state index is 0.301. The zero-order chi connectivity index (χ0) is 20.5. The maximum absolute atomic E-state index is 5.80. The molecule has 0 saturated carbocycles. The van der Waals surface area contributed by atoms with Crippen molar-refractivity contribution in [2.45, 2.75) is 0 Å². The molecule has 2 N–H and O–H groups in total. The Labute approximate surface area is 183 Å². The molecular weight excluding hydrogens is 434 g/mol. The number of fused-ring (bicyclic) bond motifs is 2. The van der Waals surface area contributed by atoms with Crippen LogP contribution in [0.1, 0.15) is 0 Å². The fourth-order valence-electron chi connectivity index (χ4n) is 3.74. The molecule has 0 spiro atoms. The van der Waals surface area contributed by atoms with E-state index in [1.807, 2.05) is 18.3 Å². The third-order valence-corrected chi connectivity index (χ3v) is 5.40. The molecule has 0 aliphatic heterocycles. The maximum Gasteiger partial charge on any atom is 0.169 e. The Morgan fingerprint density at radius 2 is 1.23 bits per heavy atom. The number of nitrogens with two attached hydrogens (primary N) is 1. The van der Waals surface area contributed by atoms with Gasteiger partial charge in [-0.15, -0.1) is 0 Å². The van der Waals surface area contributed by atoms with Gasteiger partial charge in [0.05, 0.1) is 0 Å². The lowest BCUT2D eigenvalue weighted by Crippen LogP contribution is -2.00. The number of aliphatic imine (C=N–C) groups is 1. The summed E-state index contributed by atoms with van der Waals surface area (Å²) in [5, 5.41) is 4.80. The number of amidine groups is 1. The first kappa shape index (κ1) is 18.5. The summed E-state index contributed by atoms with van der Waals surface area (Å²) in [7, 11) is 0. The first-order valence-electron chi connectivity index (χ1n) is 9.65. The number of halogens is 1. The molecular formula is C26H18BrN3. The van der Waals surface area contributed by atoms with Crippen LogP contribution in [0, 0.1) is 0 Å². The lowest BCUT2D eigenvalue weighted by molar-refractivity contribution is 1.28. The monoisotopic (exact) mass is 451 g/mol. The van der Waals surface area contributed by atoms with Crippen LogP contribution in [-0.2, 0) is 0 Å². The van der Waals surface area contributed by atoms with Gasteiger partial charge < -0.3 is 5.73 Å². The van der Waals surface area contributed by atoms with Gasteiger partial charge in [-0.2, -0.15) is 0 Å². The summed E-state index contributed by atoms with van der Waals surface area (Å²) >= 11 is 3.24. The maximum atomic E-state index is 5.80. The lowest BCUT2D eigenvalue weighted by Gasteiger charge is -2.11. The van der Waals surface area contributed by atoms with Crippen molar-refractivity contribution in [3.8, 4) is 22.3 Å². The Balaban J connectivity index is 1.69. The molecule has 0 aliphatic rings.